The Balaban J connectivity index is 2.15. The molecule has 1 heterocycles. The lowest BCUT2D eigenvalue weighted by Crippen LogP contribution is -2.30. The SMILES string of the molecule is CC1=C(CC(=O)N(C)c2ccncc2)C(C)(C)CCC1. The smallest absolute Gasteiger partial charge is 0.230 e. The Kier molecular flexibility index (Phi) is 4.26. The monoisotopic (exact) mass is 272 g/mol. The summed E-state index contributed by atoms with van der Waals surface area (Å²) in [6.45, 7) is 6.69. The largest absolute Gasteiger partial charge is 0.315 e. The normalized spacial score (nSPS) is 18.0. The van der Waals surface area contributed by atoms with Crippen molar-refractivity contribution in [3.63, 3.8) is 0 Å². The number of carbonyl (C=O) groups excluding carboxylic acids is 1. The van der Waals surface area contributed by atoms with Gasteiger partial charge in [-0.3, -0.25) is 9.78 Å². The number of amides is 1. The molecule has 1 aromatic heterocycles. The van der Waals surface area contributed by atoms with Crippen molar-refractivity contribution in [3.8, 4) is 0 Å². The summed E-state index contributed by atoms with van der Waals surface area (Å²) in [5, 5.41) is 0. The number of anilines is 1. The van der Waals surface area contributed by atoms with Crippen molar-refractivity contribution < 1.29 is 4.79 Å². The van der Waals surface area contributed by atoms with E-state index in [0.29, 0.717) is 6.42 Å². The number of pyridine rings is 1. The molecule has 3 heteroatoms. The fourth-order valence-electron chi connectivity index (χ4n) is 3.05. The molecule has 20 heavy (non-hydrogen) atoms. The fourth-order valence-corrected chi connectivity index (χ4v) is 3.05. The van der Waals surface area contributed by atoms with Gasteiger partial charge in [-0.2, -0.15) is 0 Å². The highest BCUT2D eigenvalue weighted by atomic mass is 16.2. The molecule has 0 radical (unpaired) electrons. The summed E-state index contributed by atoms with van der Waals surface area (Å²) in [6.07, 6.45) is 7.49. The number of nitrogens with zero attached hydrogens (tertiary/aromatic N) is 2. The van der Waals surface area contributed by atoms with Crippen LogP contribution < -0.4 is 4.90 Å². The zero-order chi connectivity index (χ0) is 14.8. The van der Waals surface area contributed by atoms with Crippen LogP contribution in [0.2, 0.25) is 0 Å². The molecule has 0 fully saturated rings. The predicted molar refractivity (Wildman–Crippen MR) is 82.6 cm³/mol. The second-order valence-corrected chi connectivity index (χ2v) is 6.33. The minimum atomic E-state index is 0.150. The quantitative estimate of drug-likeness (QED) is 0.780. The minimum Gasteiger partial charge on any atom is -0.315 e. The molecule has 0 aromatic carbocycles. The Bertz CT molecular complexity index is 517. The average Bonchev–Trinajstić information content (AvgIpc) is 2.42. The van der Waals surface area contributed by atoms with Gasteiger partial charge in [0.25, 0.3) is 0 Å². The molecule has 108 valence electrons. The first-order chi connectivity index (χ1) is 9.42. The van der Waals surface area contributed by atoms with E-state index in [9.17, 15) is 4.79 Å². The standard InChI is InChI=1S/C17H24N2O/c1-13-6-5-9-17(2,3)15(13)12-16(20)19(4)14-7-10-18-11-8-14/h7-8,10-11H,5-6,9,12H2,1-4H3. The molecule has 2 rings (SSSR count). The molecule has 3 nitrogen and oxygen atoms in total. The van der Waals surface area contributed by atoms with E-state index in [1.807, 2.05) is 19.2 Å². The number of carbonyl (C=O) groups is 1. The van der Waals surface area contributed by atoms with Crippen LogP contribution in [0.3, 0.4) is 0 Å². The van der Waals surface area contributed by atoms with Gasteiger partial charge in [-0.25, -0.2) is 0 Å². The summed E-state index contributed by atoms with van der Waals surface area (Å²) >= 11 is 0. The highest BCUT2D eigenvalue weighted by Crippen LogP contribution is 2.42. The third-order valence-electron chi connectivity index (χ3n) is 4.44. The first-order valence-corrected chi connectivity index (χ1v) is 7.27. The molecule has 1 amide bonds. The van der Waals surface area contributed by atoms with Crippen LogP contribution in [-0.2, 0) is 4.79 Å². The molecule has 1 aliphatic rings. The molecule has 0 saturated heterocycles. The Morgan fingerprint density at radius 3 is 2.60 bits per heavy atom. The van der Waals surface area contributed by atoms with Gasteiger partial charge in [0.15, 0.2) is 0 Å². The van der Waals surface area contributed by atoms with E-state index in [1.165, 1.54) is 24.0 Å². The van der Waals surface area contributed by atoms with Crippen LogP contribution in [0.1, 0.15) is 46.5 Å². The van der Waals surface area contributed by atoms with Gasteiger partial charge in [0.05, 0.1) is 0 Å². The topological polar surface area (TPSA) is 33.2 Å². The van der Waals surface area contributed by atoms with Crippen molar-refractivity contribution in [1.82, 2.24) is 4.98 Å². The van der Waals surface area contributed by atoms with Crippen molar-refractivity contribution in [2.45, 2.75) is 46.5 Å². The molecule has 0 bridgehead atoms. The Morgan fingerprint density at radius 2 is 2.00 bits per heavy atom. The second kappa shape index (κ2) is 5.78. The zero-order valence-electron chi connectivity index (χ0n) is 12.9. The van der Waals surface area contributed by atoms with Crippen LogP contribution in [0.5, 0.6) is 0 Å². The van der Waals surface area contributed by atoms with Gasteiger partial charge in [-0.1, -0.05) is 25.0 Å². The Labute approximate surface area is 121 Å². The maximum absolute atomic E-state index is 12.5. The van der Waals surface area contributed by atoms with Crippen molar-refractivity contribution in [1.29, 1.82) is 0 Å². The molecule has 0 unspecified atom stereocenters. The maximum atomic E-state index is 12.5. The van der Waals surface area contributed by atoms with Gasteiger partial charge in [0.1, 0.15) is 0 Å². The molecular weight excluding hydrogens is 248 g/mol. The summed E-state index contributed by atoms with van der Waals surface area (Å²) in [7, 11) is 1.84. The van der Waals surface area contributed by atoms with E-state index in [4.69, 9.17) is 0 Å². The number of allylic oxidation sites excluding steroid dienone is 1. The van der Waals surface area contributed by atoms with E-state index in [1.54, 1.807) is 17.3 Å². The maximum Gasteiger partial charge on any atom is 0.230 e. The van der Waals surface area contributed by atoms with E-state index < -0.39 is 0 Å². The van der Waals surface area contributed by atoms with Crippen molar-refractivity contribution in [2.24, 2.45) is 5.41 Å². The molecule has 0 N–H and O–H groups in total. The molecule has 0 saturated carbocycles. The Hall–Kier alpha value is -1.64. The highest BCUT2D eigenvalue weighted by Gasteiger charge is 2.30. The van der Waals surface area contributed by atoms with Crippen LogP contribution in [0, 0.1) is 5.41 Å². The third kappa shape index (κ3) is 3.09. The van der Waals surface area contributed by atoms with Gasteiger partial charge in [-0.15, -0.1) is 0 Å². The molecule has 0 atom stereocenters. The molecule has 1 aliphatic carbocycles. The summed E-state index contributed by atoms with van der Waals surface area (Å²) in [5.74, 6) is 0.153. The summed E-state index contributed by atoms with van der Waals surface area (Å²) in [4.78, 5) is 18.2. The van der Waals surface area contributed by atoms with E-state index >= 15 is 0 Å². The summed E-state index contributed by atoms with van der Waals surface area (Å²) in [5.41, 5.74) is 3.78. The van der Waals surface area contributed by atoms with Gasteiger partial charge >= 0.3 is 0 Å². The van der Waals surface area contributed by atoms with Crippen LogP contribution in [0.4, 0.5) is 5.69 Å². The number of rotatable bonds is 3. The summed E-state index contributed by atoms with van der Waals surface area (Å²) in [6, 6.07) is 3.73. The van der Waals surface area contributed by atoms with Crippen molar-refractivity contribution in [2.75, 3.05) is 11.9 Å². The number of hydrogen-bond acceptors (Lipinski definition) is 2. The first kappa shape index (κ1) is 14.8. The highest BCUT2D eigenvalue weighted by molar-refractivity contribution is 5.94. The molecule has 1 aromatic rings. The van der Waals surface area contributed by atoms with Crippen molar-refractivity contribution in [3.05, 3.63) is 35.7 Å². The third-order valence-corrected chi connectivity index (χ3v) is 4.44. The summed E-state index contributed by atoms with van der Waals surface area (Å²) < 4.78 is 0. The lowest BCUT2D eigenvalue weighted by Gasteiger charge is -2.35. The second-order valence-electron chi connectivity index (χ2n) is 6.33. The van der Waals surface area contributed by atoms with E-state index in [0.717, 1.165) is 12.1 Å². The van der Waals surface area contributed by atoms with Crippen LogP contribution in [0.15, 0.2) is 35.7 Å². The fraction of sp³-hybridized carbons (Fsp3) is 0.529. The van der Waals surface area contributed by atoms with E-state index in [2.05, 4.69) is 25.8 Å². The zero-order valence-corrected chi connectivity index (χ0v) is 12.9. The average molecular weight is 272 g/mol. The van der Waals surface area contributed by atoms with Gasteiger partial charge < -0.3 is 4.90 Å². The number of hydrogen-bond donors (Lipinski definition) is 0. The Morgan fingerprint density at radius 1 is 1.35 bits per heavy atom. The van der Waals surface area contributed by atoms with Crippen molar-refractivity contribution >= 4 is 11.6 Å². The molecule has 0 aliphatic heterocycles. The predicted octanol–water partition coefficient (Wildman–Crippen LogP) is 3.96. The van der Waals surface area contributed by atoms with Gasteiger partial charge in [-0.05, 0) is 43.7 Å². The minimum absolute atomic E-state index is 0.150. The van der Waals surface area contributed by atoms with Gasteiger partial charge in [0, 0.05) is 31.5 Å². The van der Waals surface area contributed by atoms with Crippen LogP contribution in [-0.4, -0.2) is 17.9 Å². The molecular formula is C17H24N2O. The first-order valence-electron chi connectivity index (χ1n) is 7.27. The molecule has 0 spiro atoms. The lowest BCUT2D eigenvalue weighted by atomic mass is 9.71. The van der Waals surface area contributed by atoms with Crippen LogP contribution >= 0.6 is 0 Å². The van der Waals surface area contributed by atoms with E-state index in [-0.39, 0.29) is 11.3 Å². The lowest BCUT2D eigenvalue weighted by molar-refractivity contribution is -0.117. The number of aromatic nitrogens is 1. The van der Waals surface area contributed by atoms with Gasteiger partial charge in [0.2, 0.25) is 5.91 Å². The van der Waals surface area contributed by atoms with Crippen LogP contribution in [0.25, 0.3) is 0 Å².